The summed E-state index contributed by atoms with van der Waals surface area (Å²) in [5, 5.41) is 5.65. The minimum absolute atomic E-state index is 0.0142. The third-order valence-electron chi connectivity index (χ3n) is 5.65. The highest BCUT2D eigenvalue weighted by atomic mass is 32.2. The second kappa shape index (κ2) is 11.4. The normalized spacial score (nSPS) is 15.4. The summed E-state index contributed by atoms with van der Waals surface area (Å²) in [5.74, 6) is -0.500. The van der Waals surface area contributed by atoms with Crippen LogP contribution >= 0.6 is 0 Å². The second-order valence-corrected chi connectivity index (χ2v) is 10.1. The topological polar surface area (TPSA) is 98.8 Å². The molecule has 0 aromatic heterocycles. The first-order valence-electron chi connectivity index (χ1n) is 11.3. The minimum atomic E-state index is -3.56. The van der Waals surface area contributed by atoms with Crippen molar-refractivity contribution < 1.29 is 18.0 Å². The van der Waals surface area contributed by atoms with Crippen LogP contribution < -0.4 is 10.6 Å². The van der Waals surface area contributed by atoms with Crippen LogP contribution in [0.4, 0.5) is 11.4 Å². The van der Waals surface area contributed by atoms with Crippen molar-refractivity contribution in [1.29, 1.82) is 0 Å². The molecule has 0 aliphatic carbocycles. The standard InChI is InChI=1S/C24H32N4O4S/c1-3-14-27(19(2)24(30)26-20-10-5-4-6-11-20)18-23(29)25-21-12-9-13-22(17-21)33(31,32)28-15-7-8-16-28/h4-6,9-13,17,19H,3,7-8,14-16,18H2,1-2H3,(H,25,29)(H,26,30). The quantitative estimate of drug-likeness (QED) is 0.554. The van der Waals surface area contributed by atoms with Crippen LogP contribution in [0.2, 0.25) is 0 Å². The lowest BCUT2D eigenvalue weighted by Crippen LogP contribution is -2.46. The SMILES string of the molecule is CCCN(CC(=O)Nc1cccc(S(=O)(=O)N2CCCC2)c1)C(C)C(=O)Nc1ccccc1. The van der Waals surface area contributed by atoms with E-state index in [1.54, 1.807) is 30.0 Å². The highest BCUT2D eigenvalue weighted by molar-refractivity contribution is 7.89. The lowest BCUT2D eigenvalue weighted by Gasteiger charge is -2.27. The Morgan fingerprint density at radius 2 is 1.67 bits per heavy atom. The molecule has 1 saturated heterocycles. The van der Waals surface area contributed by atoms with Crippen molar-refractivity contribution in [2.75, 3.05) is 36.8 Å². The summed E-state index contributed by atoms with van der Waals surface area (Å²) in [6, 6.07) is 15.0. The number of rotatable bonds is 10. The number of para-hydroxylation sites is 1. The van der Waals surface area contributed by atoms with Crippen molar-refractivity contribution in [3.8, 4) is 0 Å². The summed E-state index contributed by atoms with van der Waals surface area (Å²) in [6.07, 6.45) is 2.50. The summed E-state index contributed by atoms with van der Waals surface area (Å²) < 4.78 is 27.1. The van der Waals surface area contributed by atoms with E-state index >= 15 is 0 Å². The average molecular weight is 473 g/mol. The van der Waals surface area contributed by atoms with Gasteiger partial charge < -0.3 is 10.6 Å². The fraction of sp³-hybridized carbons (Fsp3) is 0.417. The number of benzene rings is 2. The third kappa shape index (κ3) is 6.63. The van der Waals surface area contributed by atoms with E-state index in [9.17, 15) is 18.0 Å². The molecule has 1 aliphatic rings. The molecule has 1 fully saturated rings. The lowest BCUT2D eigenvalue weighted by molar-refractivity contribution is -0.123. The van der Waals surface area contributed by atoms with Crippen LogP contribution in [0.3, 0.4) is 0 Å². The molecule has 0 bridgehead atoms. The number of carbonyl (C=O) groups is 2. The molecule has 0 saturated carbocycles. The van der Waals surface area contributed by atoms with Gasteiger partial charge in [-0.2, -0.15) is 4.31 Å². The van der Waals surface area contributed by atoms with Gasteiger partial charge in [0.25, 0.3) is 0 Å². The van der Waals surface area contributed by atoms with Crippen molar-refractivity contribution >= 4 is 33.2 Å². The Morgan fingerprint density at radius 1 is 1.00 bits per heavy atom. The molecular weight excluding hydrogens is 440 g/mol. The molecule has 2 N–H and O–H groups in total. The summed E-state index contributed by atoms with van der Waals surface area (Å²) in [6.45, 7) is 5.38. The lowest BCUT2D eigenvalue weighted by atomic mass is 10.2. The van der Waals surface area contributed by atoms with E-state index < -0.39 is 16.1 Å². The van der Waals surface area contributed by atoms with Gasteiger partial charge in [-0.3, -0.25) is 14.5 Å². The van der Waals surface area contributed by atoms with E-state index in [4.69, 9.17) is 0 Å². The van der Waals surface area contributed by atoms with Gasteiger partial charge in [-0.05, 0) is 63.1 Å². The van der Waals surface area contributed by atoms with Crippen LogP contribution in [-0.2, 0) is 19.6 Å². The first-order valence-corrected chi connectivity index (χ1v) is 12.8. The van der Waals surface area contributed by atoms with Crippen LogP contribution in [0.15, 0.2) is 59.5 Å². The molecule has 9 heteroatoms. The molecule has 1 unspecified atom stereocenters. The molecule has 1 aliphatic heterocycles. The molecule has 0 spiro atoms. The van der Waals surface area contributed by atoms with Crippen molar-refractivity contribution in [2.24, 2.45) is 0 Å². The monoisotopic (exact) mass is 472 g/mol. The van der Waals surface area contributed by atoms with Crippen molar-refractivity contribution in [3.63, 3.8) is 0 Å². The Balaban J connectivity index is 1.64. The highest BCUT2D eigenvalue weighted by Gasteiger charge is 2.27. The predicted molar refractivity (Wildman–Crippen MR) is 129 cm³/mol. The van der Waals surface area contributed by atoms with E-state index in [-0.39, 0.29) is 23.3 Å². The average Bonchev–Trinajstić information content (AvgIpc) is 3.35. The maximum Gasteiger partial charge on any atom is 0.243 e. The zero-order valence-corrected chi connectivity index (χ0v) is 20.0. The number of nitrogens with zero attached hydrogens (tertiary/aromatic N) is 2. The molecule has 8 nitrogen and oxygen atoms in total. The zero-order chi connectivity index (χ0) is 23.8. The Labute approximate surface area is 196 Å². The maximum atomic E-state index is 12.8. The molecule has 33 heavy (non-hydrogen) atoms. The van der Waals surface area contributed by atoms with Crippen molar-refractivity contribution in [1.82, 2.24) is 9.21 Å². The van der Waals surface area contributed by atoms with Gasteiger partial charge in [0, 0.05) is 24.5 Å². The summed E-state index contributed by atoms with van der Waals surface area (Å²) in [5.41, 5.74) is 1.12. The van der Waals surface area contributed by atoms with E-state index in [2.05, 4.69) is 10.6 Å². The number of anilines is 2. The van der Waals surface area contributed by atoms with E-state index in [0.29, 0.717) is 31.0 Å². The number of sulfonamides is 1. The third-order valence-corrected chi connectivity index (χ3v) is 7.54. The number of amides is 2. The van der Waals surface area contributed by atoms with Gasteiger partial charge in [-0.1, -0.05) is 31.2 Å². The fourth-order valence-corrected chi connectivity index (χ4v) is 5.39. The van der Waals surface area contributed by atoms with Gasteiger partial charge in [0.15, 0.2) is 0 Å². The first kappa shape index (κ1) is 24.9. The van der Waals surface area contributed by atoms with Crippen LogP contribution in [0, 0.1) is 0 Å². The van der Waals surface area contributed by atoms with Gasteiger partial charge in [-0.15, -0.1) is 0 Å². The Hall–Kier alpha value is -2.75. The van der Waals surface area contributed by atoms with Gasteiger partial charge in [0.05, 0.1) is 17.5 Å². The largest absolute Gasteiger partial charge is 0.325 e. The Morgan fingerprint density at radius 3 is 2.33 bits per heavy atom. The molecule has 178 valence electrons. The van der Waals surface area contributed by atoms with Gasteiger partial charge >= 0.3 is 0 Å². The van der Waals surface area contributed by atoms with Crippen LogP contribution in [0.25, 0.3) is 0 Å². The molecule has 3 rings (SSSR count). The molecule has 1 heterocycles. The molecule has 1 atom stereocenters. The number of hydrogen-bond donors (Lipinski definition) is 2. The fourth-order valence-electron chi connectivity index (χ4n) is 3.83. The van der Waals surface area contributed by atoms with Gasteiger partial charge in [-0.25, -0.2) is 8.42 Å². The smallest absolute Gasteiger partial charge is 0.243 e. The zero-order valence-electron chi connectivity index (χ0n) is 19.2. The van der Waals surface area contributed by atoms with E-state index in [0.717, 1.165) is 19.3 Å². The van der Waals surface area contributed by atoms with Crippen molar-refractivity contribution in [3.05, 3.63) is 54.6 Å². The molecular formula is C24H32N4O4S. The molecule has 2 amide bonds. The number of hydrogen-bond acceptors (Lipinski definition) is 5. The summed E-state index contributed by atoms with van der Waals surface area (Å²) in [7, 11) is -3.56. The molecule has 0 radical (unpaired) electrons. The van der Waals surface area contributed by atoms with Crippen LogP contribution in [0.1, 0.15) is 33.1 Å². The Bertz CT molecular complexity index is 1050. The molecule has 2 aromatic rings. The first-order chi connectivity index (χ1) is 15.8. The van der Waals surface area contributed by atoms with Gasteiger partial charge in [0.1, 0.15) is 0 Å². The van der Waals surface area contributed by atoms with Crippen LogP contribution in [0.5, 0.6) is 0 Å². The maximum absolute atomic E-state index is 12.8. The summed E-state index contributed by atoms with van der Waals surface area (Å²) in [4.78, 5) is 27.4. The minimum Gasteiger partial charge on any atom is -0.325 e. The number of carbonyl (C=O) groups excluding carboxylic acids is 2. The van der Waals surface area contributed by atoms with Crippen LogP contribution in [-0.4, -0.2) is 61.7 Å². The van der Waals surface area contributed by atoms with Gasteiger partial charge in [0.2, 0.25) is 21.8 Å². The predicted octanol–water partition coefficient (Wildman–Crippen LogP) is 3.15. The molecule has 2 aromatic carbocycles. The van der Waals surface area contributed by atoms with E-state index in [1.807, 2.05) is 37.3 Å². The second-order valence-electron chi connectivity index (χ2n) is 8.19. The summed E-state index contributed by atoms with van der Waals surface area (Å²) >= 11 is 0. The van der Waals surface area contributed by atoms with E-state index in [1.165, 1.54) is 10.4 Å². The highest BCUT2D eigenvalue weighted by Crippen LogP contribution is 2.23. The Kier molecular flexibility index (Phi) is 8.60. The number of nitrogens with one attached hydrogen (secondary N) is 2. The van der Waals surface area contributed by atoms with Crippen molar-refractivity contribution in [2.45, 2.75) is 44.0 Å².